The molecule has 3 heterocycles. The van der Waals surface area contributed by atoms with Crippen molar-refractivity contribution in [3.05, 3.63) is 66.1 Å². The highest BCUT2D eigenvalue weighted by atomic mass is 19.1. The van der Waals surface area contributed by atoms with E-state index in [0.717, 1.165) is 43.5 Å². The monoisotopic (exact) mass is 338 g/mol. The van der Waals surface area contributed by atoms with Gasteiger partial charge in [-0.2, -0.15) is 4.98 Å². The molecule has 1 fully saturated rings. The van der Waals surface area contributed by atoms with E-state index in [-0.39, 0.29) is 11.9 Å². The molecule has 4 rings (SSSR count). The number of hydrogen-bond acceptors (Lipinski definition) is 5. The molecule has 1 aliphatic rings. The summed E-state index contributed by atoms with van der Waals surface area (Å²) in [5.41, 5.74) is 1.93. The highest BCUT2D eigenvalue weighted by molar-refractivity contribution is 5.51. The van der Waals surface area contributed by atoms with Gasteiger partial charge in [0, 0.05) is 24.5 Å². The van der Waals surface area contributed by atoms with Crippen molar-refractivity contribution < 1.29 is 8.91 Å². The van der Waals surface area contributed by atoms with Gasteiger partial charge in [-0.1, -0.05) is 23.7 Å². The number of halogens is 1. The summed E-state index contributed by atoms with van der Waals surface area (Å²) in [5.74, 6) is 0.994. The van der Waals surface area contributed by atoms with Gasteiger partial charge in [0.05, 0.1) is 6.04 Å². The van der Waals surface area contributed by atoms with Crippen LogP contribution in [0.4, 0.5) is 4.39 Å². The average Bonchev–Trinajstić information content (AvgIpc) is 3.15. The highest BCUT2D eigenvalue weighted by Crippen LogP contribution is 2.32. The van der Waals surface area contributed by atoms with E-state index in [2.05, 4.69) is 20.0 Å². The lowest BCUT2D eigenvalue weighted by Gasteiger charge is -2.33. The smallest absolute Gasteiger partial charge is 0.244 e. The molecule has 0 spiro atoms. The molecule has 1 aliphatic heterocycles. The summed E-state index contributed by atoms with van der Waals surface area (Å²) in [6.07, 6.45) is 6.70. The molecule has 1 atom stereocenters. The minimum atomic E-state index is -0.211. The van der Waals surface area contributed by atoms with Crippen LogP contribution in [0.15, 0.2) is 53.3 Å². The number of likely N-dealkylation sites (tertiary alicyclic amines) is 1. The van der Waals surface area contributed by atoms with Gasteiger partial charge in [0.1, 0.15) is 5.82 Å². The molecular formula is C19H19FN4O. The second kappa shape index (κ2) is 7.11. The molecule has 1 saturated heterocycles. The Balaban J connectivity index is 1.55. The highest BCUT2D eigenvalue weighted by Gasteiger charge is 2.29. The van der Waals surface area contributed by atoms with E-state index in [9.17, 15) is 4.39 Å². The van der Waals surface area contributed by atoms with Gasteiger partial charge >= 0.3 is 0 Å². The van der Waals surface area contributed by atoms with Crippen LogP contribution in [-0.4, -0.2) is 26.6 Å². The van der Waals surface area contributed by atoms with Crippen LogP contribution in [-0.2, 0) is 6.54 Å². The average molecular weight is 338 g/mol. The summed E-state index contributed by atoms with van der Waals surface area (Å²) in [6, 6.07) is 10.5. The Bertz CT molecular complexity index is 819. The van der Waals surface area contributed by atoms with Crippen LogP contribution >= 0.6 is 0 Å². The molecule has 0 N–H and O–H groups in total. The number of nitrogens with zero attached hydrogens (tertiary/aromatic N) is 4. The number of hydrogen-bond donors (Lipinski definition) is 0. The third-order valence-corrected chi connectivity index (χ3v) is 4.56. The second-order valence-electron chi connectivity index (χ2n) is 6.31. The molecule has 5 nitrogen and oxygen atoms in total. The van der Waals surface area contributed by atoms with Crippen LogP contribution < -0.4 is 0 Å². The summed E-state index contributed by atoms with van der Waals surface area (Å²) in [7, 11) is 0. The summed E-state index contributed by atoms with van der Waals surface area (Å²) in [6.45, 7) is 1.71. The Kier molecular flexibility index (Phi) is 4.52. The van der Waals surface area contributed by atoms with Crippen molar-refractivity contribution in [3.63, 3.8) is 0 Å². The minimum absolute atomic E-state index is 0.0942. The van der Waals surface area contributed by atoms with Crippen molar-refractivity contribution >= 4 is 0 Å². The summed E-state index contributed by atoms with van der Waals surface area (Å²) < 4.78 is 18.7. The molecule has 1 aromatic carbocycles. The predicted molar refractivity (Wildman–Crippen MR) is 90.9 cm³/mol. The van der Waals surface area contributed by atoms with E-state index < -0.39 is 0 Å². The van der Waals surface area contributed by atoms with Crippen LogP contribution in [0.1, 0.15) is 36.8 Å². The summed E-state index contributed by atoms with van der Waals surface area (Å²) in [4.78, 5) is 11.0. The number of pyridine rings is 1. The zero-order chi connectivity index (χ0) is 17.1. The van der Waals surface area contributed by atoms with E-state index in [1.54, 1.807) is 12.4 Å². The predicted octanol–water partition coefficient (Wildman–Crippen LogP) is 4.00. The third-order valence-electron chi connectivity index (χ3n) is 4.56. The fourth-order valence-electron chi connectivity index (χ4n) is 3.27. The number of aromatic nitrogens is 3. The Labute approximate surface area is 145 Å². The van der Waals surface area contributed by atoms with Gasteiger partial charge in [-0.05, 0) is 49.2 Å². The third kappa shape index (κ3) is 3.58. The maximum atomic E-state index is 13.1. The van der Waals surface area contributed by atoms with Crippen LogP contribution in [0, 0.1) is 5.82 Å². The van der Waals surface area contributed by atoms with Crippen molar-refractivity contribution in [2.45, 2.75) is 31.8 Å². The second-order valence-corrected chi connectivity index (χ2v) is 6.31. The van der Waals surface area contributed by atoms with Gasteiger partial charge < -0.3 is 4.52 Å². The fourth-order valence-corrected chi connectivity index (χ4v) is 3.27. The van der Waals surface area contributed by atoms with Crippen LogP contribution in [0.3, 0.4) is 0 Å². The first-order valence-corrected chi connectivity index (χ1v) is 8.52. The quantitative estimate of drug-likeness (QED) is 0.720. The lowest BCUT2D eigenvalue weighted by Crippen LogP contribution is -2.33. The molecule has 128 valence electrons. The van der Waals surface area contributed by atoms with Gasteiger partial charge in [0.25, 0.3) is 0 Å². The van der Waals surface area contributed by atoms with Gasteiger partial charge in [0.2, 0.25) is 11.7 Å². The van der Waals surface area contributed by atoms with Gasteiger partial charge in [0.15, 0.2) is 0 Å². The Morgan fingerprint density at radius 2 is 2.04 bits per heavy atom. The van der Waals surface area contributed by atoms with Crippen molar-refractivity contribution in [1.82, 2.24) is 20.0 Å². The SMILES string of the molecule is Fc1ccc(CN2CCCC[C@@H]2c2nc(-c3cccnc3)no2)cc1. The van der Waals surface area contributed by atoms with Crippen molar-refractivity contribution in [3.8, 4) is 11.4 Å². The Morgan fingerprint density at radius 3 is 2.84 bits per heavy atom. The van der Waals surface area contributed by atoms with Gasteiger partial charge in [-0.25, -0.2) is 4.39 Å². The molecule has 0 aliphatic carbocycles. The van der Waals surface area contributed by atoms with Crippen molar-refractivity contribution in [1.29, 1.82) is 0 Å². The van der Waals surface area contributed by atoms with E-state index >= 15 is 0 Å². The van der Waals surface area contributed by atoms with Crippen LogP contribution in [0.5, 0.6) is 0 Å². The number of rotatable bonds is 4. The van der Waals surface area contributed by atoms with Gasteiger partial charge in [-0.15, -0.1) is 0 Å². The molecule has 0 bridgehead atoms. The molecule has 0 amide bonds. The van der Waals surface area contributed by atoms with E-state index in [4.69, 9.17) is 4.52 Å². The van der Waals surface area contributed by atoms with Gasteiger partial charge in [-0.3, -0.25) is 9.88 Å². The topological polar surface area (TPSA) is 55.1 Å². The lowest BCUT2D eigenvalue weighted by molar-refractivity contribution is 0.111. The summed E-state index contributed by atoms with van der Waals surface area (Å²) in [5, 5.41) is 4.11. The number of benzene rings is 1. The molecule has 6 heteroatoms. The maximum absolute atomic E-state index is 13.1. The molecule has 0 saturated carbocycles. The largest absolute Gasteiger partial charge is 0.337 e. The van der Waals surface area contributed by atoms with E-state index in [1.807, 2.05) is 24.3 Å². The minimum Gasteiger partial charge on any atom is -0.337 e. The molecule has 3 aromatic rings. The first-order chi connectivity index (χ1) is 12.3. The molecule has 0 unspecified atom stereocenters. The number of piperidine rings is 1. The molecule has 25 heavy (non-hydrogen) atoms. The van der Waals surface area contributed by atoms with E-state index in [1.165, 1.54) is 12.1 Å². The van der Waals surface area contributed by atoms with Crippen molar-refractivity contribution in [2.24, 2.45) is 0 Å². The first-order valence-electron chi connectivity index (χ1n) is 8.52. The fraction of sp³-hybridized carbons (Fsp3) is 0.316. The zero-order valence-corrected chi connectivity index (χ0v) is 13.8. The maximum Gasteiger partial charge on any atom is 0.244 e. The molecule has 0 radical (unpaired) electrons. The van der Waals surface area contributed by atoms with E-state index in [0.29, 0.717) is 11.7 Å². The Hall–Kier alpha value is -2.60. The zero-order valence-electron chi connectivity index (χ0n) is 13.8. The first kappa shape index (κ1) is 15.9. The van der Waals surface area contributed by atoms with Crippen LogP contribution in [0.25, 0.3) is 11.4 Å². The normalized spacial score (nSPS) is 18.4. The summed E-state index contributed by atoms with van der Waals surface area (Å²) >= 11 is 0. The molecular weight excluding hydrogens is 319 g/mol. The lowest BCUT2D eigenvalue weighted by atomic mass is 10.0. The van der Waals surface area contributed by atoms with Crippen LogP contribution in [0.2, 0.25) is 0 Å². The van der Waals surface area contributed by atoms with Crippen molar-refractivity contribution in [2.75, 3.05) is 6.54 Å². The Morgan fingerprint density at radius 1 is 1.16 bits per heavy atom. The standard InChI is InChI=1S/C19H19FN4O/c20-16-8-6-14(7-9-16)13-24-11-2-1-5-17(24)19-22-18(23-25-19)15-4-3-10-21-12-15/h3-4,6-10,12,17H,1-2,5,11,13H2/t17-/m1/s1. The molecule has 2 aromatic heterocycles.